The molecule has 0 aliphatic carbocycles. The normalized spacial score (nSPS) is 12.3. The molecule has 2 heterocycles. The number of aliphatic carboxylic acids is 1. The Morgan fingerprint density at radius 1 is 0.745 bits per heavy atom. The van der Waals surface area contributed by atoms with E-state index in [0.717, 1.165) is 6.20 Å². The summed E-state index contributed by atoms with van der Waals surface area (Å²) in [4.78, 5) is 46.8. The summed E-state index contributed by atoms with van der Waals surface area (Å²) in [7, 11) is 1.26. The molecule has 4 rings (SSSR count). The van der Waals surface area contributed by atoms with Gasteiger partial charge in [-0.25, -0.2) is 19.0 Å². The van der Waals surface area contributed by atoms with Crippen molar-refractivity contribution in [2.45, 2.75) is 64.2 Å². The Morgan fingerprint density at radius 2 is 1.13 bits per heavy atom. The third-order valence-corrected chi connectivity index (χ3v) is 6.51. The average molecular weight is 673 g/mol. The molecule has 0 spiro atoms. The molecule has 3 N–H and O–H groups in total. The number of hydrogen-bond acceptors (Lipinski definition) is 9. The van der Waals surface area contributed by atoms with E-state index >= 15 is 0 Å². The molecule has 2 aromatic carbocycles. The van der Waals surface area contributed by atoms with Crippen molar-refractivity contribution in [3.05, 3.63) is 69.5 Å². The van der Waals surface area contributed by atoms with Gasteiger partial charge in [0.2, 0.25) is 0 Å². The van der Waals surface area contributed by atoms with Crippen molar-refractivity contribution in [3.8, 4) is 0 Å². The Balaban J connectivity index is 0.000000256. The molecule has 0 unspecified atom stereocenters. The first-order valence-corrected chi connectivity index (χ1v) is 13.5. The van der Waals surface area contributed by atoms with Gasteiger partial charge in [-0.1, -0.05) is 0 Å². The zero-order valence-electron chi connectivity index (χ0n) is 25.6. The Kier molecular flexibility index (Phi) is 10.3. The number of nitrogens with one attached hydrogen (secondary N) is 2. The lowest BCUT2D eigenvalue weighted by Gasteiger charge is -2.24. The van der Waals surface area contributed by atoms with Gasteiger partial charge < -0.3 is 20.5 Å². The fraction of sp³-hybridized carbons (Fsp3) is 0.379. The number of rotatable bonds is 8. The summed E-state index contributed by atoms with van der Waals surface area (Å²) >= 11 is 0. The second kappa shape index (κ2) is 13.3. The lowest BCUT2D eigenvalue weighted by atomic mass is 10.0. The molecule has 47 heavy (non-hydrogen) atoms. The molecular formula is C29H30F6N6O6. The smallest absolute Gasteiger partial charge is 0.408 e. The molecule has 254 valence electrons. The maximum Gasteiger partial charge on any atom is 0.408 e. The number of aromatic nitrogens is 4. The number of carboxylic acid groups (broad SMARTS) is 1. The number of benzene rings is 2. The Morgan fingerprint density at radius 3 is 1.47 bits per heavy atom. The number of carboxylic acids is 1. The fourth-order valence-electron chi connectivity index (χ4n) is 4.18. The Hall–Kier alpha value is -5.16. The Labute approximate surface area is 261 Å². The largest absolute Gasteiger partial charge is 0.480 e. The van der Waals surface area contributed by atoms with Crippen molar-refractivity contribution >= 4 is 44.9 Å². The van der Waals surface area contributed by atoms with Gasteiger partial charge >= 0.3 is 24.3 Å². The number of anilines is 2. The summed E-state index contributed by atoms with van der Waals surface area (Å²) in [6, 6.07) is 8.67. The van der Waals surface area contributed by atoms with E-state index in [-0.39, 0.29) is 10.8 Å². The van der Waals surface area contributed by atoms with Crippen LogP contribution in [0.15, 0.2) is 58.4 Å². The highest BCUT2D eigenvalue weighted by Gasteiger charge is 2.31. The van der Waals surface area contributed by atoms with E-state index in [1.807, 2.05) is 0 Å². The van der Waals surface area contributed by atoms with Gasteiger partial charge in [0.05, 0.1) is 30.3 Å². The molecule has 18 heteroatoms. The van der Waals surface area contributed by atoms with Gasteiger partial charge in [0.1, 0.15) is 24.2 Å². The van der Waals surface area contributed by atoms with Crippen LogP contribution in [0.5, 0.6) is 0 Å². The minimum atomic E-state index is -4.54. The van der Waals surface area contributed by atoms with E-state index in [0.29, 0.717) is 31.5 Å². The minimum absolute atomic E-state index is 0.0722. The maximum absolute atomic E-state index is 12.4. The van der Waals surface area contributed by atoms with E-state index in [9.17, 15) is 45.5 Å². The number of ether oxygens (including phenoxy) is 1. The van der Waals surface area contributed by atoms with E-state index < -0.39 is 59.6 Å². The topological polar surface area (TPSA) is 157 Å². The van der Waals surface area contributed by atoms with Crippen LogP contribution in [-0.4, -0.2) is 67.1 Å². The number of nitrogens with zero attached hydrogens (tertiary/aromatic N) is 4. The summed E-state index contributed by atoms with van der Waals surface area (Å²) in [6.07, 6.45) is -6.76. The fourth-order valence-corrected chi connectivity index (χ4v) is 4.18. The number of halogens is 6. The standard InChI is InChI=1S/C15H16F3N3O3.C14H14F3N3O3/c1-14(2,13(23)24-3)20-10-4-5-11-9(6-10)7-19-21(12(11)22)8-15(16,17)18;1-13(2,12(22)23)19-9-3-4-10-8(5-9)6-18-20(11(10)21)7-14(15,16)17/h4-7,20H,8H2,1-3H3;3-6,19H,7H2,1-2H3,(H,22,23). The predicted molar refractivity (Wildman–Crippen MR) is 159 cm³/mol. The first-order chi connectivity index (χ1) is 21.5. The van der Waals surface area contributed by atoms with Gasteiger partial charge in [-0.2, -0.15) is 36.5 Å². The highest BCUT2D eigenvalue weighted by Crippen LogP contribution is 2.23. The van der Waals surface area contributed by atoms with Crippen molar-refractivity contribution in [1.82, 2.24) is 19.6 Å². The molecule has 0 saturated carbocycles. The molecule has 4 aromatic rings. The van der Waals surface area contributed by atoms with Gasteiger partial charge in [-0.15, -0.1) is 0 Å². The van der Waals surface area contributed by atoms with Gasteiger partial charge in [0.15, 0.2) is 0 Å². The second-order valence-corrected chi connectivity index (χ2v) is 11.3. The van der Waals surface area contributed by atoms with Crippen LogP contribution >= 0.6 is 0 Å². The summed E-state index contributed by atoms with van der Waals surface area (Å²) in [5.41, 5.74) is -3.02. The molecule has 0 bridgehead atoms. The summed E-state index contributed by atoms with van der Waals surface area (Å²) in [6.45, 7) is 3.23. The maximum atomic E-state index is 12.4. The van der Waals surface area contributed by atoms with Crippen molar-refractivity contribution in [3.63, 3.8) is 0 Å². The SMILES string of the molecule is CC(C)(Nc1ccc2c(=O)n(CC(F)(F)F)ncc2c1)C(=O)O.COC(=O)C(C)(C)Nc1ccc2c(=O)n(CC(F)(F)F)ncc2c1. The predicted octanol–water partition coefficient (Wildman–Crippen LogP) is 4.56. The summed E-state index contributed by atoms with van der Waals surface area (Å²) in [5, 5.41) is 22.7. The number of esters is 1. The van der Waals surface area contributed by atoms with Crippen LogP contribution in [0.2, 0.25) is 0 Å². The first kappa shape index (κ1) is 36.3. The van der Waals surface area contributed by atoms with Crippen LogP contribution < -0.4 is 21.8 Å². The number of hydrogen-bond donors (Lipinski definition) is 3. The van der Waals surface area contributed by atoms with Crippen molar-refractivity contribution in [2.24, 2.45) is 0 Å². The molecule has 0 amide bonds. The van der Waals surface area contributed by atoms with E-state index in [2.05, 4.69) is 25.6 Å². The minimum Gasteiger partial charge on any atom is -0.480 e. The van der Waals surface area contributed by atoms with Gasteiger partial charge in [0, 0.05) is 22.1 Å². The van der Waals surface area contributed by atoms with Crippen molar-refractivity contribution < 1.29 is 45.8 Å². The molecule has 0 radical (unpaired) electrons. The molecule has 0 aliphatic rings. The van der Waals surface area contributed by atoms with Gasteiger partial charge in [-0.3, -0.25) is 9.59 Å². The van der Waals surface area contributed by atoms with Crippen LogP contribution in [0.4, 0.5) is 37.7 Å². The number of fused-ring (bicyclic) bond motifs is 2. The zero-order valence-corrected chi connectivity index (χ0v) is 25.6. The molecular weight excluding hydrogens is 642 g/mol. The van der Waals surface area contributed by atoms with E-state index in [4.69, 9.17) is 5.11 Å². The zero-order chi connectivity index (χ0) is 35.5. The summed E-state index contributed by atoms with van der Waals surface area (Å²) in [5.74, 6) is -1.56. The van der Waals surface area contributed by atoms with Crippen LogP contribution in [0.3, 0.4) is 0 Å². The Bertz CT molecular complexity index is 1920. The number of carbonyl (C=O) groups is 2. The molecule has 0 aliphatic heterocycles. The van der Waals surface area contributed by atoms with Crippen LogP contribution in [0.25, 0.3) is 21.5 Å². The highest BCUT2D eigenvalue weighted by molar-refractivity contribution is 5.88. The van der Waals surface area contributed by atoms with Crippen molar-refractivity contribution in [2.75, 3.05) is 17.7 Å². The van der Waals surface area contributed by atoms with Gasteiger partial charge in [-0.05, 0) is 64.1 Å². The molecule has 0 fully saturated rings. The van der Waals surface area contributed by atoms with Crippen LogP contribution in [-0.2, 0) is 27.4 Å². The number of carbonyl (C=O) groups excluding carboxylic acids is 1. The molecule has 0 saturated heterocycles. The van der Waals surface area contributed by atoms with Crippen LogP contribution in [0.1, 0.15) is 27.7 Å². The second-order valence-electron chi connectivity index (χ2n) is 11.3. The number of alkyl halides is 6. The average Bonchev–Trinajstić information content (AvgIpc) is 2.94. The van der Waals surface area contributed by atoms with E-state index in [1.165, 1.54) is 63.6 Å². The molecule has 0 atom stereocenters. The quantitative estimate of drug-likeness (QED) is 0.179. The van der Waals surface area contributed by atoms with Crippen molar-refractivity contribution in [1.29, 1.82) is 0 Å². The van der Waals surface area contributed by atoms with Crippen LogP contribution in [0, 0.1) is 0 Å². The highest BCUT2D eigenvalue weighted by atomic mass is 19.4. The third kappa shape index (κ3) is 9.43. The third-order valence-electron chi connectivity index (χ3n) is 6.51. The lowest BCUT2D eigenvalue weighted by molar-refractivity contribution is -0.145. The van der Waals surface area contributed by atoms with E-state index in [1.54, 1.807) is 13.8 Å². The number of methoxy groups -OCH3 is 1. The first-order valence-electron chi connectivity index (χ1n) is 13.5. The monoisotopic (exact) mass is 672 g/mol. The molecule has 2 aromatic heterocycles. The molecule has 12 nitrogen and oxygen atoms in total. The summed E-state index contributed by atoms with van der Waals surface area (Å²) < 4.78 is 79.8. The van der Waals surface area contributed by atoms with Gasteiger partial charge in [0.25, 0.3) is 11.1 Å². The lowest BCUT2D eigenvalue weighted by Crippen LogP contribution is -2.41.